The van der Waals surface area contributed by atoms with Gasteiger partial charge in [-0.25, -0.2) is 0 Å². The van der Waals surface area contributed by atoms with Gasteiger partial charge in [0, 0.05) is 26.1 Å². The average molecular weight is 551 g/mol. The summed E-state index contributed by atoms with van der Waals surface area (Å²) in [7, 11) is 0. The number of anilines is 1. The summed E-state index contributed by atoms with van der Waals surface area (Å²) in [6, 6.07) is 5.51. The van der Waals surface area contributed by atoms with E-state index in [4.69, 9.17) is 16.3 Å². The second-order valence-electron chi connectivity index (χ2n) is 7.05. The minimum Gasteiger partial charge on any atom is -0.466 e. The number of guanidine groups is 1. The molecule has 1 amide bonds. The second kappa shape index (κ2) is 13.7. The van der Waals surface area contributed by atoms with Gasteiger partial charge in [0.25, 0.3) is 0 Å². The third-order valence-corrected chi connectivity index (χ3v) is 4.99. The molecule has 30 heavy (non-hydrogen) atoms. The summed E-state index contributed by atoms with van der Waals surface area (Å²) in [4.78, 5) is 31.0. The highest BCUT2D eigenvalue weighted by Gasteiger charge is 2.28. The smallest absolute Gasteiger partial charge is 0.310 e. The van der Waals surface area contributed by atoms with Crippen LogP contribution in [-0.2, 0) is 14.3 Å². The molecule has 168 valence electrons. The fraction of sp³-hybridized carbons (Fsp3) is 0.571. The van der Waals surface area contributed by atoms with Crippen LogP contribution in [0.1, 0.15) is 38.7 Å². The number of amides is 1. The zero-order chi connectivity index (χ0) is 21.2. The number of likely N-dealkylation sites (tertiary alicyclic amines) is 1. The van der Waals surface area contributed by atoms with Crippen LogP contribution in [0.5, 0.6) is 0 Å². The molecule has 9 heteroatoms. The molecule has 0 radical (unpaired) electrons. The third-order valence-electron chi connectivity index (χ3n) is 4.67. The summed E-state index contributed by atoms with van der Waals surface area (Å²) in [5.74, 6) is 0.294. The molecule has 1 aromatic rings. The number of nitrogens with one attached hydrogen (secondary N) is 2. The maximum absolute atomic E-state index is 12.2. The van der Waals surface area contributed by atoms with Crippen molar-refractivity contribution in [1.29, 1.82) is 0 Å². The van der Waals surface area contributed by atoms with Gasteiger partial charge in [-0.05, 0) is 51.3 Å². The van der Waals surface area contributed by atoms with Crippen molar-refractivity contribution >= 4 is 59.1 Å². The lowest BCUT2D eigenvalue weighted by atomic mass is 9.98. The van der Waals surface area contributed by atoms with Crippen LogP contribution in [0, 0.1) is 12.8 Å². The predicted molar refractivity (Wildman–Crippen MR) is 132 cm³/mol. The van der Waals surface area contributed by atoms with Crippen LogP contribution >= 0.6 is 35.6 Å². The van der Waals surface area contributed by atoms with E-state index in [0.29, 0.717) is 37.0 Å². The number of rotatable bonds is 7. The summed E-state index contributed by atoms with van der Waals surface area (Å²) in [6.45, 7) is 8.62. The molecule has 1 aliphatic rings. The van der Waals surface area contributed by atoms with Gasteiger partial charge >= 0.3 is 5.97 Å². The third kappa shape index (κ3) is 8.29. The Bertz CT molecular complexity index is 745. The van der Waals surface area contributed by atoms with E-state index in [-0.39, 0.29) is 48.2 Å². The summed E-state index contributed by atoms with van der Waals surface area (Å²) >= 11 is 6.17. The van der Waals surface area contributed by atoms with Gasteiger partial charge in [-0.3, -0.25) is 14.6 Å². The highest BCUT2D eigenvalue weighted by atomic mass is 127. The maximum atomic E-state index is 12.2. The average Bonchev–Trinajstić information content (AvgIpc) is 2.70. The molecule has 1 fully saturated rings. The van der Waals surface area contributed by atoms with Gasteiger partial charge in [0.1, 0.15) is 0 Å². The van der Waals surface area contributed by atoms with Gasteiger partial charge in [0.2, 0.25) is 5.91 Å². The van der Waals surface area contributed by atoms with Crippen molar-refractivity contribution in [3.05, 3.63) is 28.8 Å². The molecule has 0 bridgehead atoms. The molecule has 2 rings (SSSR count). The molecule has 0 aromatic heterocycles. The number of carbonyl (C=O) groups excluding carboxylic acids is 2. The molecule has 1 heterocycles. The Hall–Kier alpha value is -1.55. The Labute approximate surface area is 201 Å². The van der Waals surface area contributed by atoms with Crippen molar-refractivity contribution in [2.45, 2.75) is 40.0 Å². The Balaban J connectivity index is 0.00000450. The van der Waals surface area contributed by atoms with Crippen molar-refractivity contribution < 1.29 is 14.3 Å². The standard InChI is InChI=1S/C21H31ClN4O3.HI/c1-4-23-21(26-12-6-7-16(14-26)20(28)29-5-2)24-11-10-19(27)25-18-9-8-15(3)13-17(18)22;/h8-9,13,16H,4-7,10-12,14H2,1-3H3,(H,23,24)(H,25,27);1H/t16-;/m0./s1. The fourth-order valence-electron chi connectivity index (χ4n) is 3.25. The number of carbonyl (C=O) groups is 2. The number of halogens is 2. The molecular weight excluding hydrogens is 519 g/mol. The van der Waals surface area contributed by atoms with Crippen molar-refractivity contribution in [3.8, 4) is 0 Å². The Kier molecular flexibility index (Phi) is 12.1. The molecule has 1 atom stereocenters. The van der Waals surface area contributed by atoms with Crippen LogP contribution in [-0.4, -0.2) is 55.5 Å². The number of hydrogen-bond acceptors (Lipinski definition) is 4. The number of ether oxygens (including phenoxy) is 1. The van der Waals surface area contributed by atoms with Gasteiger partial charge in [0.05, 0.1) is 29.8 Å². The first-order valence-corrected chi connectivity index (χ1v) is 10.6. The summed E-state index contributed by atoms with van der Waals surface area (Å²) in [5.41, 5.74) is 1.64. The second-order valence-corrected chi connectivity index (χ2v) is 7.46. The minimum absolute atomic E-state index is 0. The molecule has 0 saturated carbocycles. The SMILES string of the molecule is CCNC(=NCCC(=O)Nc1ccc(C)cc1Cl)N1CCC[C@H](C(=O)OCC)C1.I. The molecule has 0 unspecified atom stereocenters. The van der Waals surface area contributed by atoms with Crippen molar-refractivity contribution in [1.82, 2.24) is 10.2 Å². The Morgan fingerprint density at radius 2 is 2.10 bits per heavy atom. The van der Waals surface area contributed by atoms with E-state index in [2.05, 4.69) is 20.5 Å². The van der Waals surface area contributed by atoms with E-state index in [0.717, 1.165) is 30.9 Å². The van der Waals surface area contributed by atoms with Crippen LogP contribution < -0.4 is 10.6 Å². The van der Waals surface area contributed by atoms with E-state index in [1.165, 1.54) is 0 Å². The number of piperidine rings is 1. The lowest BCUT2D eigenvalue weighted by Gasteiger charge is -2.34. The zero-order valence-electron chi connectivity index (χ0n) is 17.9. The molecule has 1 aromatic carbocycles. The number of esters is 1. The van der Waals surface area contributed by atoms with Crippen molar-refractivity contribution in [2.24, 2.45) is 10.9 Å². The Morgan fingerprint density at radius 1 is 1.33 bits per heavy atom. The van der Waals surface area contributed by atoms with E-state index in [1.54, 1.807) is 6.07 Å². The number of hydrogen-bond donors (Lipinski definition) is 2. The van der Waals surface area contributed by atoms with Crippen molar-refractivity contribution in [2.75, 3.05) is 38.1 Å². The molecular formula is C21H32ClIN4O3. The molecule has 1 aliphatic heterocycles. The first-order valence-electron chi connectivity index (χ1n) is 10.2. The van der Waals surface area contributed by atoms with Gasteiger partial charge in [-0.2, -0.15) is 0 Å². The fourth-order valence-corrected chi connectivity index (χ4v) is 3.53. The van der Waals surface area contributed by atoms with Crippen LogP contribution in [0.3, 0.4) is 0 Å². The Morgan fingerprint density at radius 3 is 2.77 bits per heavy atom. The van der Waals surface area contributed by atoms with Crippen LogP contribution in [0.25, 0.3) is 0 Å². The molecule has 1 saturated heterocycles. The van der Waals surface area contributed by atoms with E-state index >= 15 is 0 Å². The molecule has 7 nitrogen and oxygen atoms in total. The summed E-state index contributed by atoms with van der Waals surface area (Å²) in [5, 5.41) is 6.60. The van der Waals surface area contributed by atoms with E-state index in [9.17, 15) is 9.59 Å². The number of aryl methyl sites for hydroxylation is 1. The number of nitrogens with zero attached hydrogens (tertiary/aromatic N) is 2. The monoisotopic (exact) mass is 550 g/mol. The molecule has 2 N–H and O–H groups in total. The molecule has 0 aliphatic carbocycles. The van der Waals surface area contributed by atoms with Gasteiger partial charge in [0.15, 0.2) is 5.96 Å². The predicted octanol–water partition coefficient (Wildman–Crippen LogP) is 3.84. The lowest BCUT2D eigenvalue weighted by molar-refractivity contribution is -0.149. The largest absolute Gasteiger partial charge is 0.466 e. The summed E-state index contributed by atoms with van der Waals surface area (Å²) < 4.78 is 5.17. The van der Waals surface area contributed by atoms with E-state index in [1.807, 2.05) is 32.9 Å². The minimum atomic E-state index is -0.151. The zero-order valence-corrected chi connectivity index (χ0v) is 21.0. The van der Waals surface area contributed by atoms with E-state index < -0.39 is 0 Å². The maximum Gasteiger partial charge on any atom is 0.310 e. The van der Waals surface area contributed by atoms with Crippen LogP contribution in [0.4, 0.5) is 5.69 Å². The topological polar surface area (TPSA) is 83.0 Å². The first-order chi connectivity index (χ1) is 13.9. The highest BCUT2D eigenvalue weighted by molar-refractivity contribution is 14.0. The quantitative estimate of drug-likeness (QED) is 0.233. The summed E-state index contributed by atoms with van der Waals surface area (Å²) in [6.07, 6.45) is 1.98. The van der Waals surface area contributed by atoms with Gasteiger partial charge in [-0.15, -0.1) is 24.0 Å². The van der Waals surface area contributed by atoms with Crippen LogP contribution in [0.15, 0.2) is 23.2 Å². The van der Waals surface area contributed by atoms with Crippen LogP contribution in [0.2, 0.25) is 5.02 Å². The van der Waals surface area contributed by atoms with Gasteiger partial charge < -0.3 is 20.3 Å². The van der Waals surface area contributed by atoms with Crippen molar-refractivity contribution in [3.63, 3.8) is 0 Å². The highest BCUT2D eigenvalue weighted by Crippen LogP contribution is 2.23. The normalized spacial score (nSPS) is 16.5. The van der Waals surface area contributed by atoms with Gasteiger partial charge in [-0.1, -0.05) is 17.7 Å². The first kappa shape index (κ1) is 26.5. The number of benzene rings is 1. The molecule has 0 spiro atoms. The lowest BCUT2D eigenvalue weighted by Crippen LogP contribution is -2.48. The number of aliphatic imine (C=N–C) groups is 1.